The number of H-pyrrole nitrogens is 1. The van der Waals surface area contributed by atoms with Crippen LogP contribution < -0.4 is 5.56 Å². The number of nitrogens with zero attached hydrogens (tertiary/aromatic N) is 4. The molecule has 3 aromatic rings. The molecule has 0 spiro atoms. The lowest BCUT2D eigenvalue weighted by molar-refractivity contribution is -0.0664. The first kappa shape index (κ1) is 15.2. The third kappa shape index (κ3) is 2.13. The number of ether oxygens (including phenoxy) is 1. The molecular formula is C12H12N5O7P. The van der Waals surface area contributed by atoms with E-state index in [9.17, 15) is 19.4 Å². The zero-order valence-electron chi connectivity index (χ0n) is 12.4. The van der Waals surface area contributed by atoms with E-state index in [2.05, 4.69) is 15.0 Å². The molecule has 3 N–H and O–H groups in total. The minimum absolute atomic E-state index is 0.140. The number of aromatic nitrogens is 5. The molecule has 0 bridgehead atoms. The fourth-order valence-electron chi connectivity index (χ4n) is 3.23. The second kappa shape index (κ2) is 4.97. The summed E-state index contributed by atoms with van der Waals surface area (Å²) in [6, 6.07) is 0. The van der Waals surface area contributed by atoms with E-state index in [0.29, 0.717) is 11.4 Å². The molecule has 13 heteroatoms. The van der Waals surface area contributed by atoms with Crippen LogP contribution in [0.5, 0.6) is 0 Å². The molecule has 0 aromatic carbocycles. The molecule has 5 heterocycles. The van der Waals surface area contributed by atoms with Crippen molar-refractivity contribution in [1.29, 1.82) is 0 Å². The van der Waals surface area contributed by atoms with Crippen LogP contribution in [0.25, 0.3) is 16.9 Å². The molecule has 25 heavy (non-hydrogen) atoms. The summed E-state index contributed by atoms with van der Waals surface area (Å²) in [5.41, 5.74) is 0.0741. The summed E-state index contributed by atoms with van der Waals surface area (Å²) in [4.78, 5) is 32.3. The fourth-order valence-corrected chi connectivity index (χ4v) is 4.20. The van der Waals surface area contributed by atoms with Crippen molar-refractivity contribution in [3.63, 3.8) is 0 Å². The summed E-state index contributed by atoms with van der Waals surface area (Å²) in [5, 5.41) is 10.5. The first-order valence-corrected chi connectivity index (χ1v) is 8.85. The Bertz CT molecular complexity index is 1090. The average Bonchev–Trinajstić information content (AvgIpc) is 3.24. The SMILES string of the molecule is O=c1[nH]c2nccn2c2c1ncn2[C@@H]1O[C@@H]2COP(=O)(O)O[C@H]2[C@H]1O. The summed E-state index contributed by atoms with van der Waals surface area (Å²) in [7, 11) is -4.22. The maximum atomic E-state index is 12.1. The summed E-state index contributed by atoms with van der Waals surface area (Å²) in [5.74, 6) is 0.309. The van der Waals surface area contributed by atoms with Crippen LogP contribution in [0.15, 0.2) is 23.5 Å². The van der Waals surface area contributed by atoms with Gasteiger partial charge in [-0.05, 0) is 0 Å². The normalized spacial score (nSPS) is 35.4. The molecule has 12 nitrogen and oxygen atoms in total. The molecular weight excluding hydrogens is 357 g/mol. The van der Waals surface area contributed by atoms with Crippen molar-refractivity contribution in [1.82, 2.24) is 23.9 Å². The predicted octanol–water partition coefficient (Wildman–Crippen LogP) is -0.854. The number of aliphatic hydroxyl groups is 1. The number of imidazole rings is 2. The first-order chi connectivity index (χ1) is 11.9. The van der Waals surface area contributed by atoms with Gasteiger partial charge in [0.15, 0.2) is 17.4 Å². The van der Waals surface area contributed by atoms with Crippen molar-refractivity contribution >= 4 is 24.8 Å². The molecule has 132 valence electrons. The van der Waals surface area contributed by atoms with E-state index in [1.54, 1.807) is 10.6 Å². The van der Waals surface area contributed by atoms with Gasteiger partial charge in [0.1, 0.15) is 18.3 Å². The van der Waals surface area contributed by atoms with Gasteiger partial charge in [0.05, 0.1) is 12.9 Å². The van der Waals surface area contributed by atoms with Crippen LogP contribution in [-0.2, 0) is 18.3 Å². The fraction of sp³-hybridized carbons (Fsp3) is 0.417. The molecule has 2 aliphatic heterocycles. The Morgan fingerprint density at radius 1 is 1.40 bits per heavy atom. The lowest BCUT2D eigenvalue weighted by Crippen LogP contribution is -2.39. The van der Waals surface area contributed by atoms with E-state index < -0.39 is 37.9 Å². The van der Waals surface area contributed by atoms with Crippen LogP contribution in [0, 0.1) is 0 Å². The highest BCUT2D eigenvalue weighted by atomic mass is 31.2. The third-order valence-electron chi connectivity index (χ3n) is 4.32. The van der Waals surface area contributed by atoms with E-state index >= 15 is 0 Å². The minimum Gasteiger partial charge on any atom is -0.386 e. The highest BCUT2D eigenvalue weighted by Crippen LogP contribution is 2.52. The van der Waals surface area contributed by atoms with Crippen molar-refractivity contribution in [3.8, 4) is 0 Å². The molecule has 3 aromatic heterocycles. The molecule has 0 amide bonds. The van der Waals surface area contributed by atoms with Gasteiger partial charge in [-0.2, -0.15) is 0 Å². The molecule has 5 atom stereocenters. The standard InChI is InChI=1S/C12H12N5O7P/c18-7-8-5(3-22-25(20,21)24-8)23-11(7)17-4-14-6-9(19)15-12-13-1-2-16(12)10(6)17/h1-2,4-5,7-8,11,18H,3H2,(H,20,21)(H,13,15,19)/t5-,7-,8-,11-/m1/s1. The van der Waals surface area contributed by atoms with Gasteiger partial charge < -0.3 is 14.7 Å². The van der Waals surface area contributed by atoms with Crippen LogP contribution in [0.3, 0.4) is 0 Å². The monoisotopic (exact) mass is 369 g/mol. The summed E-state index contributed by atoms with van der Waals surface area (Å²) >= 11 is 0. The smallest absolute Gasteiger partial charge is 0.386 e. The van der Waals surface area contributed by atoms with Crippen molar-refractivity contribution in [2.75, 3.05) is 6.61 Å². The lowest BCUT2D eigenvalue weighted by atomic mass is 10.1. The molecule has 0 aliphatic carbocycles. The van der Waals surface area contributed by atoms with Gasteiger partial charge in [-0.25, -0.2) is 14.5 Å². The van der Waals surface area contributed by atoms with Crippen molar-refractivity contribution < 1.29 is 28.3 Å². The van der Waals surface area contributed by atoms with Crippen molar-refractivity contribution in [3.05, 3.63) is 29.1 Å². The number of rotatable bonds is 1. The summed E-state index contributed by atoms with van der Waals surface area (Å²) in [6.45, 7) is -0.195. The van der Waals surface area contributed by atoms with Gasteiger partial charge in [-0.3, -0.25) is 27.8 Å². The highest BCUT2D eigenvalue weighted by Gasteiger charge is 2.52. The zero-order chi connectivity index (χ0) is 17.3. The van der Waals surface area contributed by atoms with Gasteiger partial charge in [0.2, 0.25) is 5.78 Å². The van der Waals surface area contributed by atoms with Crippen LogP contribution in [-0.4, -0.2) is 58.8 Å². The number of hydrogen-bond donors (Lipinski definition) is 3. The molecule has 2 aliphatic rings. The van der Waals surface area contributed by atoms with Gasteiger partial charge in [0.25, 0.3) is 5.56 Å². The van der Waals surface area contributed by atoms with Crippen LogP contribution in [0.2, 0.25) is 0 Å². The Balaban J connectivity index is 1.65. The van der Waals surface area contributed by atoms with Crippen LogP contribution in [0.4, 0.5) is 0 Å². The maximum absolute atomic E-state index is 12.1. The quantitative estimate of drug-likeness (QED) is 0.465. The Morgan fingerprint density at radius 3 is 3.08 bits per heavy atom. The summed E-state index contributed by atoms with van der Waals surface area (Å²) < 4.78 is 30.0. The second-order valence-corrected chi connectivity index (χ2v) is 7.20. The number of phosphoric ester groups is 1. The highest BCUT2D eigenvalue weighted by molar-refractivity contribution is 7.47. The van der Waals surface area contributed by atoms with Crippen molar-refractivity contribution in [2.24, 2.45) is 0 Å². The Labute approximate surface area is 138 Å². The Morgan fingerprint density at radius 2 is 2.24 bits per heavy atom. The molecule has 0 saturated carbocycles. The third-order valence-corrected chi connectivity index (χ3v) is 5.30. The van der Waals surface area contributed by atoms with E-state index in [1.807, 2.05) is 0 Å². The van der Waals surface area contributed by atoms with Gasteiger partial charge in [-0.15, -0.1) is 0 Å². The van der Waals surface area contributed by atoms with Crippen LogP contribution >= 0.6 is 7.82 Å². The number of phosphoric acid groups is 1. The number of hydrogen-bond acceptors (Lipinski definition) is 8. The van der Waals surface area contributed by atoms with E-state index in [0.717, 1.165) is 0 Å². The van der Waals surface area contributed by atoms with Gasteiger partial charge >= 0.3 is 7.82 Å². The van der Waals surface area contributed by atoms with E-state index in [-0.39, 0.29) is 12.1 Å². The number of fused-ring (bicyclic) bond motifs is 4. The molecule has 5 rings (SSSR count). The molecule has 0 radical (unpaired) electrons. The van der Waals surface area contributed by atoms with E-state index in [1.165, 1.54) is 17.1 Å². The zero-order valence-corrected chi connectivity index (χ0v) is 13.3. The Kier molecular flexibility index (Phi) is 3.02. The molecule has 1 unspecified atom stereocenters. The average molecular weight is 369 g/mol. The number of aromatic amines is 1. The number of nitrogens with one attached hydrogen (secondary N) is 1. The lowest BCUT2D eigenvalue weighted by Gasteiger charge is -2.27. The predicted molar refractivity (Wildman–Crippen MR) is 79.7 cm³/mol. The minimum atomic E-state index is -4.22. The molecule has 2 fully saturated rings. The first-order valence-electron chi connectivity index (χ1n) is 7.36. The number of aliphatic hydroxyl groups excluding tert-OH is 1. The Hall–Kier alpha value is -2.08. The topological polar surface area (TPSA) is 153 Å². The van der Waals surface area contributed by atoms with Gasteiger partial charge in [0, 0.05) is 12.4 Å². The molecule has 2 saturated heterocycles. The van der Waals surface area contributed by atoms with Crippen molar-refractivity contribution in [2.45, 2.75) is 24.5 Å². The van der Waals surface area contributed by atoms with Crippen LogP contribution in [0.1, 0.15) is 6.23 Å². The second-order valence-electron chi connectivity index (χ2n) is 5.79. The van der Waals surface area contributed by atoms with Gasteiger partial charge in [-0.1, -0.05) is 0 Å². The maximum Gasteiger partial charge on any atom is 0.472 e. The largest absolute Gasteiger partial charge is 0.472 e. The van der Waals surface area contributed by atoms with E-state index in [4.69, 9.17) is 13.8 Å². The summed E-state index contributed by atoms with van der Waals surface area (Å²) in [6.07, 6.45) is 0.483.